The van der Waals surface area contributed by atoms with Gasteiger partial charge in [0.1, 0.15) is 0 Å². The number of nitrogens with zero attached hydrogens (tertiary/aromatic N) is 1. The molecule has 2 unspecified atom stereocenters. The maximum Gasteiger partial charge on any atom is 0.239 e. The van der Waals surface area contributed by atoms with Crippen molar-refractivity contribution in [3.63, 3.8) is 0 Å². The molecule has 0 aromatic heterocycles. The lowest BCUT2D eigenvalue weighted by Crippen LogP contribution is -2.41. The zero-order valence-corrected chi connectivity index (χ0v) is 6.79. The standard InChI is InChI=1S/C8H14N2O/c1-10-7-4-5(7)2-3-6(9)8(10)11/h5-7H,2-4,9H2,1H3/t5?,6-,7?/m0/s1. The monoisotopic (exact) mass is 154 g/mol. The smallest absolute Gasteiger partial charge is 0.239 e. The third-order valence-corrected chi connectivity index (χ3v) is 2.90. The van der Waals surface area contributed by atoms with Crippen molar-refractivity contribution in [1.82, 2.24) is 4.90 Å². The molecule has 1 aliphatic heterocycles. The van der Waals surface area contributed by atoms with Crippen LogP contribution >= 0.6 is 0 Å². The Morgan fingerprint density at radius 3 is 3.00 bits per heavy atom. The van der Waals surface area contributed by atoms with E-state index in [-0.39, 0.29) is 11.9 Å². The number of fused-ring (bicyclic) bond motifs is 1. The van der Waals surface area contributed by atoms with Gasteiger partial charge in [0.25, 0.3) is 0 Å². The lowest BCUT2D eigenvalue weighted by molar-refractivity contribution is -0.131. The Kier molecular flexibility index (Phi) is 1.42. The van der Waals surface area contributed by atoms with Crippen molar-refractivity contribution < 1.29 is 4.79 Å². The zero-order chi connectivity index (χ0) is 8.01. The third kappa shape index (κ3) is 1.03. The van der Waals surface area contributed by atoms with Crippen molar-refractivity contribution in [2.45, 2.75) is 31.3 Å². The molecule has 0 aromatic carbocycles. The van der Waals surface area contributed by atoms with Crippen molar-refractivity contribution in [3.8, 4) is 0 Å². The highest BCUT2D eigenvalue weighted by atomic mass is 16.2. The topological polar surface area (TPSA) is 46.3 Å². The van der Waals surface area contributed by atoms with Crippen LogP contribution < -0.4 is 5.73 Å². The summed E-state index contributed by atoms with van der Waals surface area (Å²) in [5.41, 5.74) is 5.66. The van der Waals surface area contributed by atoms with Gasteiger partial charge in [-0.1, -0.05) is 0 Å². The first kappa shape index (κ1) is 7.10. The molecule has 3 nitrogen and oxygen atoms in total. The molecule has 1 aliphatic carbocycles. The molecular formula is C8H14N2O. The minimum absolute atomic E-state index is 0.134. The van der Waals surface area contributed by atoms with E-state index in [2.05, 4.69) is 0 Å². The van der Waals surface area contributed by atoms with Gasteiger partial charge in [-0.05, 0) is 25.2 Å². The zero-order valence-electron chi connectivity index (χ0n) is 6.79. The normalized spacial score (nSPS) is 43.3. The fourth-order valence-electron chi connectivity index (χ4n) is 1.96. The van der Waals surface area contributed by atoms with E-state index in [1.165, 1.54) is 6.42 Å². The molecule has 3 heteroatoms. The van der Waals surface area contributed by atoms with Crippen LogP contribution in [0.1, 0.15) is 19.3 Å². The Morgan fingerprint density at radius 2 is 2.27 bits per heavy atom. The van der Waals surface area contributed by atoms with Gasteiger partial charge in [0, 0.05) is 13.1 Å². The molecule has 1 amide bonds. The summed E-state index contributed by atoms with van der Waals surface area (Å²) in [4.78, 5) is 13.2. The van der Waals surface area contributed by atoms with Gasteiger partial charge in [-0.2, -0.15) is 0 Å². The van der Waals surface area contributed by atoms with Crippen LogP contribution in [0.2, 0.25) is 0 Å². The van der Waals surface area contributed by atoms with Crippen molar-refractivity contribution in [2.75, 3.05) is 7.05 Å². The summed E-state index contributed by atoms with van der Waals surface area (Å²) in [6.07, 6.45) is 3.22. The minimum Gasteiger partial charge on any atom is -0.341 e. The Balaban J connectivity index is 2.12. The molecule has 2 aliphatic rings. The highest BCUT2D eigenvalue weighted by molar-refractivity contribution is 5.82. The lowest BCUT2D eigenvalue weighted by atomic mass is 10.1. The van der Waals surface area contributed by atoms with E-state index in [0.717, 1.165) is 18.8 Å². The fourth-order valence-corrected chi connectivity index (χ4v) is 1.96. The molecule has 3 atom stereocenters. The Bertz CT molecular complexity index is 193. The largest absolute Gasteiger partial charge is 0.341 e. The molecule has 2 N–H and O–H groups in total. The maximum atomic E-state index is 11.4. The molecule has 1 heterocycles. The number of amides is 1. The number of carbonyl (C=O) groups is 1. The molecule has 0 radical (unpaired) electrons. The predicted octanol–water partition coefficient (Wildman–Crippen LogP) is -0.0456. The van der Waals surface area contributed by atoms with Gasteiger partial charge in [0.05, 0.1) is 6.04 Å². The van der Waals surface area contributed by atoms with Crippen LogP contribution in [0.15, 0.2) is 0 Å². The van der Waals surface area contributed by atoms with Crippen LogP contribution in [0.4, 0.5) is 0 Å². The van der Waals surface area contributed by atoms with Gasteiger partial charge >= 0.3 is 0 Å². The Morgan fingerprint density at radius 1 is 1.55 bits per heavy atom. The van der Waals surface area contributed by atoms with Gasteiger partial charge in [-0.3, -0.25) is 4.79 Å². The number of nitrogens with two attached hydrogens (primary N) is 1. The first-order valence-electron chi connectivity index (χ1n) is 4.22. The van der Waals surface area contributed by atoms with E-state index in [9.17, 15) is 4.79 Å². The SMILES string of the molecule is CN1C(=O)[C@@H](N)CCC2CC21. The number of hydrogen-bond donors (Lipinski definition) is 1. The summed E-state index contributed by atoms with van der Waals surface area (Å²) >= 11 is 0. The third-order valence-electron chi connectivity index (χ3n) is 2.90. The highest BCUT2D eigenvalue weighted by Crippen LogP contribution is 2.41. The van der Waals surface area contributed by atoms with Crippen LogP contribution in [0, 0.1) is 5.92 Å². The first-order valence-corrected chi connectivity index (χ1v) is 4.22. The van der Waals surface area contributed by atoms with Gasteiger partial charge in [0.15, 0.2) is 0 Å². The van der Waals surface area contributed by atoms with E-state index in [0.29, 0.717) is 6.04 Å². The van der Waals surface area contributed by atoms with Crippen LogP contribution in [-0.2, 0) is 4.79 Å². The van der Waals surface area contributed by atoms with E-state index < -0.39 is 0 Å². The maximum absolute atomic E-state index is 11.4. The molecule has 2 rings (SSSR count). The van der Waals surface area contributed by atoms with Gasteiger partial charge in [-0.15, -0.1) is 0 Å². The van der Waals surface area contributed by atoms with Gasteiger partial charge in [-0.25, -0.2) is 0 Å². The van der Waals surface area contributed by atoms with Crippen LogP contribution in [0.5, 0.6) is 0 Å². The molecule has 11 heavy (non-hydrogen) atoms. The molecule has 0 bridgehead atoms. The number of likely N-dealkylation sites (N-methyl/N-ethyl adjacent to an activating group) is 1. The van der Waals surface area contributed by atoms with Gasteiger partial charge < -0.3 is 10.6 Å². The Labute approximate surface area is 66.5 Å². The molecule has 62 valence electrons. The summed E-state index contributed by atoms with van der Waals surface area (Å²) in [6, 6.07) is 0.295. The van der Waals surface area contributed by atoms with E-state index in [1.807, 2.05) is 11.9 Å². The number of carbonyl (C=O) groups excluding carboxylic acids is 1. The summed E-state index contributed by atoms with van der Waals surface area (Å²) in [7, 11) is 1.87. The molecular weight excluding hydrogens is 140 g/mol. The average molecular weight is 154 g/mol. The Hall–Kier alpha value is -0.570. The average Bonchev–Trinajstić information content (AvgIpc) is 2.75. The molecule has 1 saturated heterocycles. The summed E-state index contributed by atoms with van der Waals surface area (Å²) in [6.45, 7) is 0. The number of rotatable bonds is 0. The fraction of sp³-hybridized carbons (Fsp3) is 0.875. The predicted molar refractivity (Wildman–Crippen MR) is 41.9 cm³/mol. The minimum atomic E-state index is -0.229. The van der Waals surface area contributed by atoms with Crippen LogP contribution in [0.25, 0.3) is 0 Å². The molecule has 2 fully saturated rings. The van der Waals surface area contributed by atoms with Crippen LogP contribution in [0.3, 0.4) is 0 Å². The van der Waals surface area contributed by atoms with E-state index in [1.54, 1.807) is 0 Å². The second-order valence-electron chi connectivity index (χ2n) is 3.70. The van der Waals surface area contributed by atoms with Crippen molar-refractivity contribution in [1.29, 1.82) is 0 Å². The van der Waals surface area contributed by atoms with Crippen molar-refractivity contribution in [3.05, 3.63) is 0 Å². The summed E-state index contributed by atoms with van der Waals surface area (Å²) < 4.78 is 0. The first-order chi connectivity index (χ1) is 5.20. The van der Waals surface area contributed by atoms with Gasteiger partial charge in [0.2, 0.25) is 5.91 Å². The van der Waals surface area contributed by atoms with E-state index >= 15 is 0 Å². The lowest BCUT2D eigenvalue weighted by Gasteiger charge is -2.18. The summed E-state index contributed by atoms with van der Waals surface area (Å²) in [5.74, 6) is 0.896. The number of hydrogen-bond acceptors (Lipinski definition) is 2. The number of likely N-dealkylation sites (tertiary alicyclic amines) is 1. The second-order valence-corrected chi connectivity index (χ2v) is 3.70. The van der Waals surface area contributed by atoms with Crippen LogP contribution in [-0.4, -0.2) is 29.9 Å². The second kappa shape index (κ2) is 2.21. The molecule has 0 spiro atoms. The van der Waals surface area contributed by atoms with Crippen molar-refractivity contribution >= 4 is 5.91 Å². The van der Waals surface area contributed by atoms with Crippen molar-refractivity contribution in [2.24, 2.45) is 11.7 Å². The quantitative estimate of drug-likeness (QED) is 0.532. The highest BCUT2D eigenvalue weighted by Gasteiger charge is 2.45. The van der Waals surface area contributed by atoms with E-state index in [4.69, 9.17) is 5.73 Å². The summed E-state index contributed by atoms with van der Waals surface area (Å²) in [5, 5.41) is 0. The molecule has 0 aromatic rings. The molecule has 1 saturated carbocycles.